The molecule has 0 amide bonds. The van der Waals surface area contributed by atoms with Crippen molar-refractivity contribution in [3.05, 3.63) is 29.2 Å². The van der Waals surface area contributed by atoms with Crippen molar-refractivity contribution < 1.29 is 13.2 Å². The van der Waals surface area contributed by atoms with Gasteiger partial charge >= 0.3 is 0 Å². The molecule has 1 N–H and O–H groups in total. The highest BCUT2D eigenvalue weighted by molar-refractivity contribution is 5.74. The summed E-state index contributed by atoms with van der Waals surface area (Å²) < 4.78 is 32.6. The Kier molecular flexibility index (Phi) is 5.89. The van der Waals surface area contributed by atoms with Gasteiger partial charge in [0.2, 0.25) is 5.82 Å². The van der Waals surface area contributed by atoms with Gasteiger partial charge in [0.15, 0.2) is 17.3 Å². The molecule has 3 nitrogen and oxygen atoms in total. The molecule has 122 valence electrons. The number of halogens is 2. The Bertz CT molecular complexity index is 611. The van der Waals surface area contributed by atoms with Crippen molar-refractivity contribution in [2.75, 3.05) is 7.05 Å². The van der Waals surface area contributed by atoms with E-state index in [4.69, 9.17) is 4.42 Å². The third-order valence-electron chi connectivity index (χ3n) is 3.77. The summed E-state index contributed by atoms with van der Waals surface area (Å²) in [5.74, 6) is -1.39. The Balaban J connectivity index is 0.000000299. The first-order valence-electron chi connectivity index (χ1n) is 7.96. The molecule has 1 saturated carbocycles. The van der Waals surface area contributed by atoms with Crippen molar-refractivity contribution in [3.63, 3.8) is 0 Å². The van der Waals surface area contributed by atoms with E-state index in [2.05, 4.69) is 10.3 Å². The molecule has 1 aromatic carbocycles. The normalized spacial score (nSPS) is 14.5. The lowest BCUT2D eigenvalue weighted by Gasteiger charge is -2.02. The third-order valence-corrected chi connectivity index (χ3v) is 3.77. The summed E-state index contributed by atoms with van der Waals surface area (Å²) in [6.07, 6.45) is 7.50. The summed E-state index contributed by atoms with van der Waals surface area (Å²) in [6.45, 7) is 4.02. The van der Waals surface area contributed by atoms with Crippen LogP contribution in [-0.2, 0) is 6.54 Å². The minimum Gasteiger partial charge on any atom is -0.437 e. The molecule has 1 aromatic heterocycles. The van der Waals surface area contributed by atoms with Gasteiger partial charge in [0.25, 0.3) is 0 Å². The quantitative estimate of drug-likeness (QED) is 0.876. The number of oxazole rings is 1. The molecule has 1 aliphatic carbocycles. The zero-order chi connectivity index (χ0) is 16.1. The molecule has 3 rings (SSSR count). The molecule has 1 aliphatic rings. The van der Waals surface area contributed by atoms with E-state index in [0.717, 1.165) is 0 Å². The van der Waals surface area contributed by atoms with Gasteiger partial charge in [-0.05, 0) is 13.1 Å². The monoisotopic (exact) mass is 310 g/mol. The fourth-order valence-corrected chi connectivity index (χ4v) is 2.52. The van der Waals surface area contributed by atoms with Gasteiger partial charge in [-0.25, -0.2) is 9.37 Å². The highest BCUT2D eigenvalue weighted by Crippen LogP contribution is 2.27. The lowest BCUT2D eigenvalue weighted by Crippen LogP contribution is -2.08. The van der Waals surface area contributed by atoms with E-state index in [1.54, 1.807) is 7.05 Å². The van der Waals surface area contributed by atoms with Gasteiger partial charge in [0.1, 0.15) is 5.52 Å². The summed E-state index contributed by atoms with van der Waals surface area (Å²) in [7, 11) is 1.67. The summed E-state index contributed by atoms with van der Waals surface area (Å²) >= 11 is 0. The van der Waals surface area contributed by atoms with Gasteiger partial charge in [0.05, 0.1) is 0 Å². The first-order chi connectivity index (χ1) is 10.5. The number of hydrogen-bond acceptors (Lipinski definition) is 3. The fraction of sp³-hybridized carbons (Fsp3) is 0.588. The van der Waals surface area contributed by atoms with Crippen LogP contribution in [0.2, 0.25) is 0 Å². The average Bonchev–Trinajstić information content (AvgIpc) is 3.17. The minimum absolute atomic E-state index is 0.0395. The highest BCUT2D eigenvalue weighted by atomic mass is 19.2. The molecule has 0 bridgehead atoms. The van der Waals surface area contributed by atoms with Gasteiger partial charge < -0.3 is 9.73 Å². The minimum atomic E-state index is -0.966. The first-order valence-corrected chi connectivity index (χ1v) is 7.96. The zero-order valence-corrected chi connectivity index (χ0v) is 13.5. The van der Waals surface area contributed by atoms with Crippen molar-refractivity contribution in [1.82, 2.24) is 10.3 Å². The van der Waals surface area contributed by atoms with Crippen LogP contribution in [0.5, 0.6) is 0 Å². The molecule has 0 saturated heterocycles. The first kappa shape index (κ1) is 16.9. The SMILES string of the molecule is C1CCCC1.CNCc1cc2nc(C(C)C)oc2c(F)c1F. The Morgan fingerprint density at radius 1 is 1.14 bits per heavy atom. The molecular formula is C17H24F2N2O. The second-order valence-electron chi connectivity index (χ2n) is 6.02. The lowest BCUT2D eigenvalue weighted by molar-refractivity contribution is 0.457. The number of aromatic nitrogens is 1. The predicted octanol–water partition coefficient (Wildman–Crippen LogP) is 4.90. The van der Waals surface area contributed by atoms with Gasteiger partial charge in [-0.3, -0.25) is 0 Å². The van der Waals surface area contributed by atoms with E-state index in [-0.39, 0.29) is 23.6 Å². The fourth-order valence-electron chi connectivity index (χ4n) is 2.52. The standard InChI is InChI=1S/C12H14F2N2O.C5H10/c1-6(2)12-16-8-4-7(5-15-3)9(13)10(14)11(8)17-12;1-2-4-5-3-1/h4,6,15H,5H2,1-3H3;1-5H2. The Labute approximate surface area is 130 Å². The molecule has 0 unspecified atom stereocenters. The van der Waals surface area contributed by atoms with Crippen LogP contribution in [0, 0.1) is 11.6 Å². The van der Waals surface area contributed by atoms with E-state index in [9.17, 15) is 8.78 Å². The molecule has 22 heavy (non-hydrogen) atoms. The maximum absolute atomic E-state index is 13.7. The maximum atomic E-state index is 13.7. The van der Waals surface area contributed by atoms with Crippen molar-refractivity contribution in [3.8, 4) is 0 Å². The van der Waals surface area contributed by atoms with Crippen molar-refractivity contribution >= 4 is 11.1 Å². The molecule has 0 aliphatic heterocycles. The Hall–Kier alpha value is -1.49. The lowest BCUT2D eigenvalue weighted by atomic mass is 10.2. The van der Waals surface area contributed by atoms with Gasteiger partial charge in [0, 0.05) is 18.0 Å². The number of nitrogens with one attached hydrogen (secondary N) is 1. The number of rotatable bonds is 3. The largest absolute Gasteiger partial charge is 0.437 e. The average molecular weight is 310 g/mol. The van der Waals surface area contributed by atoms with Crippen molar-refractivity contribution in [1.29, 1.82) is 0 Å². The van der Waals surface area contributed by atoms with Crippen LogP contribution in [0.4, 0.5) is 8.78 Å². The smallest absolute Gasteiger partial charge is 0.203 e. The summed E-state index contributed by atoms with van der Waals surface area (Å²) in [5.41, 5.74) is 0.505. The Morgan fingerprint density at radius 2 is 1.73 bits per heavy atom. The number of hydrogen-bond donors (Lipinski definition) is 1. The van der Waals surface area contributed by atoms with Crippen molar-refractivity contribution in [2.45, 2.75) is 58.4 Å². The summed E-state index contributed by atoms with van der Waals surface area (Å²) in [6, 6.07) is 1.51. The number of fused-ring (bicyclic) bond motifs is 1. The number of benzene rings is 1. The second kappa shape index (κ2) is 7.68. The van der Waals surface area contributed by atoms with E-state index >= 15 is 0 Å². The molecule has 0 spiro atoms. The van der Waals surface area contributed by atoms with Gasteiger partial charge in [-0.1, -0.05) is 46.0 Å². The Morgan fingerprint density at radius 3 is 2.23 bits per heavy atom. The maximum Gasteiger partial charge on any atom is 0.203 e. The van der Waals surface area contributed by atoms with Gasteiger partial charge in [-0.2, -0.15) is 4.39 Å². The van der Waals surface area contributed by atoms with Crippen LogP contribution in [0.25, 0.3) is 11.1 Å². The molecule has 5 heteroatoms. The molecule has 1 heterocycles. The van der Waals surface area contributed by atoms with Crippen LogP contribution in [0.15, 0.2) is 10.5 Å². The van der Waals surface area contributed by atoms with E-state index in [0.29, 0.717) is 11.4 Å². The molecule has 0 atom stereocenters. The van der Waals surface area contributed by atoms with Crippen molar-refractivity contribution in [2.24, 2.45) is 0 Å². The van der Waals surface area contributed by atoms with Crippen LogP contribution in [0.1, 0.15) is 63.3 Å². The molecule has 2 aromatic rings. The topological polar surface area (TPSA) is 38.1 Å². The highest BCUT2D eigenvalue weighted by Gasteiger charge is 2.19. The van der Waals surface area contributed by atoms with E-state index in [1.165, 1.54) is 38.2 Å². The van der Waals surface area contributed by atoms with Crippen LogP contribution >= 0.6 is 0 Å². The second-order valence-corrected chi connectivity index (χ2v) is 6.02. The van der Waals surface area contributed by atoms with Gasteiger partial charge in [-0.15, -0.1) is 0 Å². The predicted molar refractivity (Wildman–Crippen MR) is 83.9 cm³/mol. The zero-order valence-electron chi connectivity index (χ0n) is 13.5. The molecular weight excluding hydrogens is 286 g/mol. The summed E-state index contributed by atoms with van der Waals surface area (Å²) in [4.78, 5) is 4.16. The van der Waals surface area contributed by atoms with Crippen LogP contribution in [0.3, 0.4) is 0 Å². The molecule has 0 radical (unpaired) electrons. The van der Waals surface area contributed by atoms with Crippen LogP contribution in [-0.4, -0.2) is 12.0 Å². The third kappa shape index (κ3) is 3.83. The van der Waals surface area contributed by atoms with E-state index < -0.39 is 11.6 Å². The number of nitrogens with zero attached hydrogens (tertiary/aromatic N) is 1. The van der Waals surface area contributed by atoms with E-state index in [1.807, 2.05) is 13.8 Å². The summed E-state index contributed by atoms with van der Waals surface area (Å²) in [5, 5.41) is 2.78. The molecule has 1 fully saturated rings. The van der Waals surface area contributed by atoms with Crippen LogP contribution < -0.4 is 5.32 Å².